The van der Waals surface area contributed by atoms with Gasteiger partial charge in [-0.1, -0.05) is 29.8 Å². The summed E-state index contributed by atoms with van der Waals surface area (Å²) in [6.07, 6.45) is 1.32. The van der Waals surface area contributed by atoms with E-state index in [4.69, 9.17) is 0 Å². The smallest absolute Gasteiger partial charge is 0.266 e. The predicted molar refractivity (Wildman–Crippen MR) is 115 cm³/mol. The average Bonchev–Trinajstić information content (AvgIpc) is 3.17. The van der Waals surface area contributed by atoms with Crippen molar-refractivity contribution in [1.82, 2.24) is 4.98 Å². The maximum absolute atomic E-state index is 14.2. The Labute approximate surface area is 176 Å². The van der Waals surface area contributed by atoms with Crippen LogP contribution < -0.4 is 10.2 Å². The van der Waals surface area contributed by atoms with E-state index < -0.39 is 17.6 Å². The van der Waals surface area contributed by atoms with Crippen LogP contribution in [0.5, 0.6) is 0 Å². The fourth-order valence-corrected chi connectivity index (χ4v) is 3.45. The Bertz CT molecular complexity index is 1160. The van der Waals surface area contributed by atoms with Crippen LogP contribution in [0.25, 0.3) is 6.08 Å². The van der Waals surface area contributed by atoms with Crippen LogP contribution in [0, 0.1) is 24.1 Å². The lowest BCUT2D eigenvalue weighted by Gasteiger charge is -2.18. The Morgan fingerprint density at radius 1 is 1.20 bits per heavy atom. The van der Waals surface area contributed by atoms with Crippen molar-refractivity contribution in [3.63, 3.8) is 0 Å². The molecule has 0 atom stereocenters. The van der Waals surface area contributed by atoms with E-state index >= 15 is 0 Å². The van der Waals surface area contributed by atoms with Gasteiger partial charge in [0.05, 0.1) is 11.4 Å². The molecule has 1 aromatic heterocycles. The lowest BCUT2D eigenvalue weighted by atomic mass is 10.2. The van der Waals surface area contributed by atoms with Gasteiger partial charge in [-0.05, 0) is 37.3 Å². The summed E-state index contributed by atoms with van der Waals surface area (Å²) < 4.78 is 14.2. The molecule has 3 aromatic rings. The van der Waals surface area contributed by atoms with E-state index in [1.165, 1.54) is 31.2 Å². The van der Waals surface area contributed by atoms with Crippen LogP contribution in [0.1, 0.15) is 18.2 Å². The normalized spacial score (nSPS) is 10.9. The number of para-hydroxylation sites is 1. The number of rotatable bonds is 5. The summed E-state index contributed by atoms with van der Waals surface area (Å²) in [6.45, 7) is 3.23. The molecule has 0 saturated carbocycles. The Hall–Kier alpha value is -3.83. The second-order valence-corrected chi connectivity index (χ2v) is 7.19. The zero-order valence-electron chi connectivity index (χ0n) is 16.2. The number of aromatic nitrogens is 1. The molecule has 0 fully saturated rings. The number of halogens is 1. The van der Waals surface area contributed by atoms with Gasteiger partial charge in [0, 0.05) is 18.0 Å². The lowest BCUT2D eigenvalue weighted by Crippen LogP contribution is -2.23. The highest BCUT2D eigenvalue weighted by Crippen LogP contribution is 2.31. The molecule has 150 valence electrons. The topological polar surface area (TPSA) is 86.1 Å². The minimum absolute atomic E-state index is 0.0764. The highest BCUT2D eigenvalue weighted by molar-refractivity contribution is 7.14. The third kappa shape index (κ3) is 4.77. The number of anilines is 3. The number of nitrogens with zero attached hydrogens (tertiary/aromatic N) is 3. The van der Waals surface area contributed by atoms with E-state index in [-0.39, 0.29) is 16.4 Å². The van der Waals surface area contributed by atoms with Gasteiger partial charge in [0.1, 0.15) is 17.5 Å². The molecule has 2 aromatic carbocycles. The number of amides is 2. The molecule has 2 amide bonds. The zero-order valence-corrected chi connectivity index (χ0v) is 17.0. The van der Waals surface area contributed by atoms with Gasteiger partial charge >= 0.3 is 0 Å². The fraction of sp³-hybridized carbons (Fsp3) is 0.0909. The number of hydrogen-bond donors (Lipinski definition) is 1. The third-order valence-electron chi connectivity index (χ3n) is 4.08. The summed E-state index contributed by atoms with van der Waals surface area (Å²) in [6, 6.07) is 14.9. The molecule has 0 spiro atoms. The molecule has 0 bridgehead atoms. The van der Waals surface area contributed by atoms with Crippen molar-refractivity contribution >= 4 is 45.7 Å². The van der Waals surface area contributed by atoms with Crippen LogP contribution in [0.15, 0.2) is 59.5 Å². The molecule has 3 rings (SSSR count). The quantitative estimate of drug-likeness (QED) is 0.474. The van der Waals surface area contributed by atoms with Gasteiger partial charge in [0.2, 0.25) is 5.91 Å². The van der Waals surface area contributed by atoms with Gasteiger partial charge in [-0.15, -0.1) is 11.3 Å². The van der Waals surface area contributed by atoms with Gasteiger partial charge in [-0.2, -0.15) is 5.26 Å². The molecule has 1 N–H and O–H groups in total. The van der Waals surface area contributed by atoms with E-state index in [9.17, 15) is 19.2 Å². The molecule has 0 unspecified atom stereocenters. The number of aryl methyl sites for hydroxylation is 1. The number of carbonyl (C=O) groups excluding carboxylic acids is 2. The number of hydrogen-bond acceptors (Lipinski definition) is 5. The first-order valence-electron chi connectivity index (χ1n) is 8.89. The largest absolute Gasteiger partial charge is 0.321 e. The van der Waals surface area contributed by atoms with Gasteiger partial charge in [-0.25, -0.2) is 9.37 Å². The van der Waals surface area contributed by atoms with Gasteiger partial charge < -0.3 is 5.32 Å². The van der Waals surface area contributed by atoms with Gasteiger partial charge in [-0.3, -0.25) is 14.5 Å². The van der Waals surface area contributed by atoms with E-state index in [0.717, 1.165) is 21.8 Å². The summed E-state index contributed by atoms with van der Waals surface area (Å²) in [5, 5.41) is 13.9. The van der Waals surface area contributed by atoms with Crippen LogP contribution >= 0.6 is 11.3 Å². The van der Waals surface area contributed by atoms with Crippen LogP contribution in [0.2, 0.25) is 0 Å². The molecular formula is C22H17FN4O2S. The maximum atomic E-state index is 14.2. The molecular weight excluding hydrogens is 403 g/mol. The first-order valence-corrected chi connectivity index (χ1v) is 9.77. The number of nitrogens with one attached hydrogen (secondary N) is 1. The summed E-state index contributed by atoms with van der Waals surface area (Å²) in [4.78, 5) is 30.0. The van der Waals surface area contributed by atoms with Gasteiger partial charge in [0.25, 0.3) is 5.91 Å². The summed E-state index contributed by atoms with van der Waals surface area (Å²) in [7, 11) is 0. The second kappa shape index (κ2) is 9.11. The molecule has 0 aliphatic heterocycles. The molecule has 6 nitrogen and oxygen atoms in total. The van der Waals surface area contributed by atoms with Crippen molar-refractivity contribution in [3.05, 3.63) is 76.6 Å². The number of carbonyl (C=O) groups is 2. The van der Waals surface area contributed by atoms with E-state index in [1.807, 2.05) is 25.1 Å². The van der Waals surface area contributed by atoms with Crippen molar-refractivity contribution in [2.24, 2.45) is 0 Å². The number of benzene rings is 2. The average molecular weight is 420 g/mol. The second-order valence-electron chi connectivity index (χ2n) is 6.35. The Morgan fingerprint density at radius 2 is 1.90 bits per heavy atom. The molecule has 30 heavy (non-hydrogen) atoms. The minimum atomic E-state index is -0.576. The van der Waals surface area contributed by atoms with Crippen molar-refractivity contribution in [3.8, 4) is 6.07 Å². The summed E-state index contributed by atoms with van der Waals surface area (Å²) in [5.74, 6) is -1.55. The number of thiazole rings is 1. The Morgan fingerprint density at radius 3 is 2.53 bits per heavy atom. The van der Waals surface area contributed by atoms with Gasteiger partial charge in [0.15, 0.2) is 5.13 Å². The van der Waals surface area contributed by atoms with Crippen LogP contribution in [0.3, 0.4) is 0 Å². The molecule has 0 saturated heterocycles. The lowest BCUT2D eigenvalue weighted by molar-refractivity contribution is -0.116. The summed E-state index contributed by atoms with van der Waals surface area (Å²) in [5.41, 5.74) is 1.85. The van der Waals surface area contributed by atoms with Crippen molar-refractivity contribution < 1.29 is 14.0 Å². The highest BCUT2D eigenvalue weighted by atomic mass is 32.1. The number of nitriles is 1. The fourth-order valence-electron chi connectivity index (χ4n) is 2.62. The van der Waals surface area contributed by atoms with Crippen LogP contribution in [-0.4, -0.2) is 16.8 Å². The SMILES string of the molecule is CC(=O)N(c1nc(/C=C(\C#N)C(=O)Nc2ccc(C)cc2)cs1)c1ccccc1F. The first kappa shape index (κ1) is 20.9. The summed E-state index contributed by atoms with van der Waals surface area (Å²) >= 11 is 1.10. The zero-order chi connectivity index (χ0) is 21.7. The molecule has 0 radical (unpaired) electrons. The Balaban J connectivity index is 1.86. The molecule has 0 aliphatic carbocycles. The predicted octanol–water partition coefficient (Wildman–Crippen LogP) is 4.82. The van der Waals surface area contributed by atoms with Crippen molar-refractivity contribution in [2.45, 2.75) is 13.8 Å². The minimum Gasteiger partial charge on any atom is -0.321 e. The van der Waals surface area contributed by atoms with Crippen molar-refractivity contribution in [2.75, 3.05) is 10.2 Å². The standard InChI is InChI=1S/C22H17FN4O2S/c1-14-7-9-17(10-8-14)25-21(29)16(12-24)11-18-13-30-22(26-18)27(15(2)28)20-6-4-3-5-19(20)23/h3-11,13H,1-2H3,(H,25,29)/b16-11+. The molecule has 0 aliphatic rings. The maximum Gasteiger partial charge on any atom is 0.266 e. The Kier molecular flexibility index (Phi) is 6.35. The molecule has 1 heterocycles. The van der Waals surface area contributed by atoms with Crippen LogP contribution in [-0.2, 0) is 9.59 Å². The van der Waals surface area contributed by atoms with E-state index in [0.29, 0.717) is 11.4 Å². The van der Waals surface area contributed by atoms with Crippen molar-refractivity contribution in [1.29, 1.82) is 5.26 Å². The monoisotopic (exact) mass is 420 g/mol. The molecule has 8 heteroatoms. The van der Waals surface area contributed by atoms with Crippen LogP contribution in [0.4, 0.5) is 20.9 Å². The van der Waals surface area contributed by atoms with E-state index in [2.05, 4.69) is 10.3 Å². The highest BCUT2D eigenvalue weighted by Gasteiger charge is 2.21. The van der Waals surface area contributed by atoms with E-state index in [1.54, 1.807) is 23.6 Å². The third-order valence-corrected chi connectivity index (χ3v) is 4.92. The first-order chi connectivity index (χ1) is 14.4.